The summed E-state index contributed by atoms with van der Waals surface area (Å²) in [4.78, 5) is 4.52. The minimum atomic E-state index is 0.628. The van der Waals surface area contributed by atoms with E-state index in [4.69, 9.17) is 10.00 Å². The van der Waals surface area contributed by atoms with Gasteiger partial charge in [-0.15, -0.1) is 11.8 Å². The summed E-state index contributed by atoms with van der Waals surface area (Å²) in [7, 11) is 0. The van der Waals surface area contributed by atoms with E-state index in [-0.39, 0.29) is 0 Å². The maximum absolute atomic E-state index is 9.14. The molecule has 18 heavy (non-hydrogen) atoms. The summed E-state index contributed by atoms with van der Waals surface area (Å²) >= 11 is 1.59. The van der Waals surface area contributed by atoms with Crippen LogP contribution in [0.1, 0.15) is 19.4 Å². The van der Waals surface area contributed by atoms with Gasteiger partial charge >= 0.3 is 0 Å². The zero-order valence-corrected chi connectivity index (χ0v) is 11.3. The lowest BCUT2D eigenvalue weighted by Crippen LogP contribution is -1.93. The Morgan fingerprint density at radius 2 is 2.17 bits per heavy atom. The molecule has 0 atom stereocenters. The third kappa shape index (κ3) is 2.57. The van der Waals surface area contributed by atoms with Gasteiger partial charge in [-0.25, -0.2) is 4.98 Å². The molecule has 1 aromatic carbocycles. The normalized spacial score (nSPS) is 10.3. The summed E-state index contributed by atoms with van der Waals surface area (Å²) in [6.07, 6.45) is 0. The quantitative estimate of drug-likeness (QED) is 0.786. The predicted molar refractivity (Wildman–Crippen MR) is 74.0 cm³/mol. The van der Waals surface area contributed by atoms with E-state index in [9.17, 15) is 0 Å². The average Bonchev–Trinajstić information content (AvgIpc) is 2.39. The standard InChI is InChI=1S/C14H14N2OS/c1-3-17-12-5-6-13-10(8-12)7-11(9-15)14(16-13)18-4-2/h5-8H,3-4H2,1-2H3. The number of fused-ring (bicyclic) bond motifs is 1. The van der Waals surface area contributed by atoms with Gasteiger partial charge in [0.1, 0.15) is 16.8 Å². The molecule has 0 saturated carbocycles. The summed E-state index contributed by atoms with van der Waals surface area (Å²) in [5.74, 6) is 1.72. The van der Waals surface area contributed by atoms with Gasteiger partial charge in [-0.3, -0.25) is 0 Å². The second kappa shape index (κ2) is 5.74. The number of rotatable bonds is 4. The molecular weight excluding hydrogens is 244 g/mol. The number of pyridine rings is 1. The lowest BCUT2D eigenvalue weighted by atomic mass is 10.1. The number of hydrogen-bond donors (Lipinski definition) is 0. The maximum Gasteiger partial charge on any atom is 0.120 e. The molecule has 4 heteroatoms. The number of thioether (sulfide) groups is 1. The Hall–Kier alpha value is -1.73. The minimum absolute atomic E-state index is 0.628. The molecular formula is C14H14N2OS. The molecule has 0 fully saturated rings. The summed E-state index contributed by atoms with van der Waals surface area (Å²) in [6, 6.07) is 9.84. The third-order valence-electron chi connectivity index (χ3n) is 2.46. The topological polar surface area (TPSA) is 45.9 Å². The van der Waals surface area contributed by atoms with Gasteiger partial charge in [0.15, 0.2) is 0 Å². The highest BCUT2D eigenvalue weighted by Gasteiger charge is 2.07. The SMILES string of the molecule is CCOc1ccc2nc(SCC)c(C#N)cc2c1. The first kappa shape index (κ1) is 12.7. The molecule has 0 aliphatic rings. The first-order valence-electron chi connectivity index (χ1n) is 5.89. The molecule has 0 radical (unpaired) electrons. The highest BCUT2D eigenvalue weighted by Crippen LogP contribution is 2.26. The largest absolute Gasteiger partial charge is 0.494 e. The van der Waals surface area contributed by atoms with Crippen LogP contribution in [0.25, 0.3) is 10.9 Å². The number of nitrogens with zero attached hydrogens (tertiary/aromatic N) is 2. The Labute approximate surface area is 111 Å². The van der Waals surface area contributed by atoms with Crippen molar-refractivity contribution < 1.29 is 4.74 Å². The number of hydrogen-bond acceptors (Lipinski definition) is 4. The Kier molecular flexibility index (Phi) is 4.06. The lowest BCUT2D eigenvalue weighted by Gasteiger charge is -2.07. The molecule has 2 rings (SSSR count). The van der Waals surface area contributed by atoms with Gasteiger partial charge in [-0.2, -0.15) is 5.26 Å². The molecule has 0 spiro atoms. The first-order valence-corrected chi connectivity index (χ1v) is 6.87. The van der Waals surface area contributed by atoms with Crippen molar-refractivity contribution in [2.75, 3.05) is 12.4 Å². The van der Waals surface area contributed by atoms with Gasteiger partial charge < -0.3 is 4.74 Å². The van der Waals surface area contributed by atoms with Gasteiger partial charge in [0.25, 0.3) is 0 Å². The van der Waals surface area contributed by atoms with Gasteiger partial charge in [0.2, 0.25) is 0 Å². The Bertz CT molecular complexity index is 605. The second-order valence-corrected chi connectivity index (χ2v) is 4.93. The maximum atomic E-state index is 9.14. The zero-order chi connectivity index (χ0) is 13.0. The molecule has 0 saturated heterocycles. The van der Waals surface area contributed by atoms with Crippen LogP contribution in [0, 0.1) is 11.3 Å². The molecule has 0 amide bonds. The highest BCUT2D eigenvalue weighted by atomic mass is 32.2. The fraction of sp³-hybridized carbons (Fsp3) is 0.286. The molecule has 3 nitrogen and oxygen atoms in total. The molecule has 2 aromatic rings. The summed E-state index contributed by atoms with van der Waals surface area (Å²) in [5.41, 5.74) is 1.52. The van der Waals surface area contributed by atoms with Crippen molar-refractivity contribution in [1.82, 2.24) is 4.98 Å². The van der Waals surface area contributed by atoms with Crippen molar-refractivity contribution in [3.8, 4) is 11.8 Å². The number of nitriles is 1. The molecule has 0 unspecified atom stereocenters. The monoisotopic (exact) mass is 258 g/mol. The zero-order valence-electron chi connectivity index (χ0n) is 10.4. The Morgan fingerprint density at radius 1 is 1.33 bits per heavy atom. The van der Waals surface area contributed by atoms with Gasteiger partial charge in [0, 0.05) is 5.39 Å². The number of ether oxygens (including phenoxy) is 1. The van der Waals surface area contributed by atoms with E-state index < -0.39 is 0 Å². The fourth-order valence-corrected chi connectivity index (χ4v) is 2.42. The minimum Gasteiger partial charge on any atom is -0.494 e. The van der Waals surface area contributed by atoms with E-state index in [2.05, 4.69) is 18.0 Å². The Balaban J connectivity index is 2.53. The van der Waals surface area contributed by atoms with E-state index >= 15 is 0 Å². The molecule has 0 N–H and O–H groups in total. The van der Waals surface area contributed by atoms with Crippen LogP contribution in [-0.2, 0) is 0 Å². The smallest absolute Gasteiger partial charge is 0.120 e. The second-order valence-electron chi connectivity index (χ2n) is 3.67. The van der Waals surface area contributed by atoms with Crippen LogP contribution in [-0.4, -0.2) is 17.3 Å². The van der Waals surface area contributed by atoms with Crippen molar-refractivity contribution in [3.63, 3.8) is 0 Å². The number of benzene rings is 1. The van der Waals surface area contributed by atoms with Crippen molar-refractivity contribution in [2.45, 2.75) is 18.9 Å². The molecule has 0 aliphatic carbocycles. The number of aromatic nitrogens is 1. The van der Waals surface area contributed by atoms with Crippen molar-refractivity contribution in [3.05, 3.63) is 29.8 Å². The van der Waals surface area contributed by atoms with Crippen LogP contribution in [0.5, 0.6) is 5.75 Å². The fourth-order valence-electron chi connectivity index (χ4n) is 1.72. The van der Waals surface area contributed by atoms with E-state index in [1.54, 1.807) is 11.8 Å². The molecule has 1 heterocycles. The van der Waals surface area contributed by atoms with E-state index in [0.29, 0.717) is 12.2 Å². The molecule has 92 valence electrons. The lowest BCUT2D eigenvalue weighted by molar-refractivity contribution is 0.340. The van der Waals surface area contributed by atoms with E-state index in [1.807, 2.05) is 31.2 Å². The predicted octanol–water partition coefficient (Wildman–Crippen LogP) is 3.62. The molecule has 1 aromatic heterocycles. The summed E-state index contributed by atoms with van der Waals surface area (Å²) < 4.78 is 5.45. The van der Waals surface area contributed by atoms with Gasteiger partial charge in [-0.1, -0.05) is 6.92 Å². The summed E-state index contributed by atoms with van der Waals surface area (Å²) in [6.45, 7) is 4.63. The van der Waals surface area contributed by atoms with Gasteiger partial charge in [0.05, 0.1) is 17.7 Å². The Morgan fingerprint density at radius 3 is 2.83 bits per heavy atom. The van der Waals surface area contributed by atoms with E-state index in [1.165, 1.54) is 0 Å². The average molecular weight is 258 g/mol. The molecule has 0 bridgehead atoms. The first-order chi connectivity index (χ1) is 8.78. The van der Waals surface area contributed by atoms with Crippen molar-refractivity contribution in [2.24, 2.45) is 0 Å². The molecule has 0 aliphatic heterocycles. The highest BCUT2D eigenvalue weighted by molar-refractivity contribution is 7.99. The van der Waals surface area contributed by atoms with Crippen molar-refractivity contribution in [1.29, 1.82) is 5.26 Å². The van der Waals surface area contributed by atoms with Crippen LogP contribution in [0.4, 0.5) is 0 Å². The van der Waals surface area contributed by atoms with Crippen molar-refractivity contribution >= 4 is 22.7 Å². The van der Waals surface area contributed by atoms with Crippen LogP contribution in [0.3, 0.4) is 0 Å². The van der Waals surface area contributed by atoms with Crippen LogP contribution < -0.4 is 4.74 Å². The van der Waals surface area contributed by atoms with E-state index in [0.717, 1.165) is 27.4 Å². The van der Waals surface area contributed by atoms with Gasteiger partial charge in [-0.05, 0) is 36.9 Å². The van der Waals surface area contributed by atoms with Crippen LogP contribution in [0.15, 0.2) is 29.3 Å². The van der Waals surface area contributed by atoms with Crippen LogP contribution in [0.2, 0.25) is 0 Å². The third-order valence-corrected chi connectivity index (χ3v) is 3.34. The summed E-state index contributed by atoms with van der Waals surface area (Å²) in [5, 5.41) is 10.9. The van der Waals surface area contributed by atoms with Crippen LogP contribution >= 0.6 is 11.8 Å².